The predicted octanol–water partition coefficient (Wildman–Crippen LogP) is 3.05. The minimum atomic E-state index is -0.275. The number of rotatable bonds is 5. The van der Waals surface area contributed by atoms with Crippen LogP contribution in [0.25, 0.3) is 0 Å². The highest BCUT2D eigenvalue weighted by Gasteiger charge is 2.07. The van der Waals surface area contributed by atoms with E-state index in [2.05, 4.69) is 17.1 Å². The van der Waals surface area contributed by atoms with Gasteiger partial charge in [-0.1, -0.05) is 12.1 Å². The first kappa shape index (κ1) is 12.5. The number of hydrogen-bond acceptors (Lipinski definition) is 4. The zero-order valence-corrected chi connectivity index (χ0v) is 10.4. The summed E-state index contributed by atoms with van der Waals surface area (Å²) in [6.45, 7) is 4.03. The van der Waals surface area contributed by atoms with Crippen molar-refractivity contribution in [1.29, 1.82) is 0 Å². The molecule has 0 aliphatic rings. The molecule has 96 valence electrons. The van der Waals surface area contributed by atoms with Crippen molar-refractivity contribution in [2.45, 2.75) is 33.3 Å². The molecule has 1 aromatic carbocycles. The standard InChI is InChI=1S/C13H15FN2O2/c1-3-4-12-15-13(18-16-12)8-17-11-6-5-10(14)7-9(11)2/h5-7H,3-4,8H2,1-2H3. The molecule has 0 amide bonds. The van der Waals surface area contributed by atoms with Crippen molar-refractivity contribution < 1.29 is 13.7 Å². The molecule has 2 aromatic rings. The van der Waals surface area contributed by atoms with E-state index in [1.807, 2.05) is 0 Å². The fourth-order valence-electron chi connectivity index (χ4n) is 1.59. The summed E-state index contributed by atoms with van der Waals surface area (Å²) in [5, 5.41) is 3.83. The maximum atomic E-state index is 12.9. The number of benzene rings is 1. The fraction of sp³-hybridized carbons (Fsp3) is 0.385. The molecule has 0 aliphatic heterocycles. The Balaban J connectivity index is 1.97. The normalized spacial score (nSPS) is 10.6. The Morgan fingerprint density at radius 3 is 2.94 bits per heavy atom. The SMILES string of the molecule is CCCc1noc(COc2ccc(F)cc2C)n1. The number of hydrogen-bond donors (Lipinski definition) is 0. The molecule has 4 nitrogen and oxygen atoms in total. The molecule has 1 aromatic heterocycles. The maximum Gasteiger partial charge on any atom is 0.264 e. The number of aromatic nitrogens is 2. The molecule has 5 heteroatoms. The predicted molar refractivity (Wildman–Crippen MR) is 63.8 cm³/mol. The zero-order valence-electron chi connectivity index (χ0n) is 10.4. The van der Waals surface area contributed by atoms with Crippen LogP contribution in [0.15, 0.2) is 22.7 Å². The zero-order chi connectivity index (χ0) is 13.0. The van der Waals surface area contributed by atoms with Gasteiger partial charge in [0.05, 0.1) is 0 Å². The van der Waals surface area contributed by atoms with Crippen molar-refractivity contribution in [2.75, 3.05) is 0 Å². The molecule has 0 spiro atoms. The Kier molecular flexibility index (Phi) is 3.92. The second kappa shape index (κ2) is 5.62. The van der Waals surface area contributed by atoms with Gasteiger partial charge in [0.15, 0.2) is 12.4 Å². The van der Waals surface area contributed by atoms with Gasteiger partial charge in [-0.05, 0) is 37.1 Å². The minimum Gasteiger partial charge on any atom is -0.483 e. The van der Waals surface area contributed by atoms with Crippen LogP contribution in [-0.4, -0.2) is 10.1 Å². The highest BCUT2D eigenvalue weighted by molar-refractivity contribution is 5.32. The Hall–Kier alpha value is -1.91. The van der Waals surface area contributed by atoms with Crippen LogP contribution in [0.1, 0.15) is 30.6 Å². The Morgan fingerprint density at radius 1 is 1.39 bits per heavy atom. The molecular weight excluding hydrogens is 235 g/mol. The van der Waals surface area contributed by atoms with Gasteiger partial charge < -0.3 is 9.26 Å². The Morgan fingerprint density at radius 2 is 2.22 bits per heavy atom. The third-order valence-electron chi connectivity index (χ3n) is 2.47. The third kappa shape index (κ3) is 3.06. The lowest BCUT2D eigenvalue weighted by atomic mass is 10.2. The Bertz CT molecular complexity index is 525. The van der Waals surface area contributed by atoms with Gasteiger partial charge in [0.1, 0.15) is 11.6 Å². The summed E-state index contributed by atoms with van der Waals surface area (Å²) in [4.78, 5) is 4.19. The molecule has 0 bridgehead atoms. The van der Waals surface area contributed by atoms with Crippen LogP contribution in [0, 0.1) is 12.7 Å². The molecule has 0 saturated carbocycles. The van der Waals surface area contributed by atoms with Gasteiger partial charge >= 0.3 is 0 Å². The van der Waals surface area contributed by atoms with Crippen LogP contribution in [0.4, 0.5) is 4.39 Å². The van der Waals surface area contributed by atoms with Crippen LogP contribution in [0.5, 0.6) is 5.75 Å². The molecule has 0 N–H and O–H groups in total. The van der Waals surface area contributed by atoms with E-state index < -0.39 is 0 Å². The van der Waals surface area contributed by atoms with Crippen molar-refractivity contribution in [1.82, 2.24) is 10.1 Å². The maximum absolute atomic E-state index is 12.9. The minimum absolute atomic E-state index is 0.198. The van der Waals surface area contributed by atoms with Gasteiger partial charge in [0, 0.05) is 6.42 Å². The van der Waals surface area contributed by atoms with Gasteiger partial charge in [0.25, 0.3) is 5.89 Å². The third-order valence-corrected chi connectivity index (χ3v) is 2.47. The highest BCUT2D eigenvalue weighted by atomic mass is 19.1. The number of halogens is 1. The van der Waals surface area contributed by atoms with E-state index in [-0.39, 0.29) is 12.4 Å². The second-order valence-corrected chi connectivity index (χ2v) is 4.05. The van der Waals surface area contributed by atoms with Gasteiger partial charge in [0.2, 0.25) is 0 Å². The quantitative estimate of drug-likeness (QED) is 0.818. The Labute approximate surface area is 105 Å². The largest absolute Gasteiger partial charge is 0.483 e. The van der Waals surface area contributed by atoms with Crippen molar-refractivity contribution in [2.24, 2.45) is 0 Å². The summed E-state index contributed by atoms with van der Waals surface area (Å²) in [5.74, 6) is 1.46. The van der Waals surface area contributed by atoms with E-state index in [4.69, 9.17) is 9.26 Å². The van der Waals surface area contributed by atoms with E-state index in [0.29, 0.717) is 17.5 Å². The summed E-state index contributed by atoms with van der Waals surface area (Å²) in [6.07, 6.45) is 1.76. The van der Waals surface area contributed by atoms with Crippen molar-refractivity contribution in [3.63, 3.8) is 0 Å². The van der Waals surface area contributed by atoms with Crippen LogP contribution < -0.4 is 4.74 Å². The number of ether oxygens (including phenoxy) is 1. The highest BCUT2D eigenvalue weighted by Crippen LogP contribution is 2.19. The molecule has 2 rings (SSSR count). The van der Waals surface area contributed by atoms with E-state index in [0.717, 1.165) is 18.4 Å². The van der Waals surface area contributed by atoms with E-state index >= 15 is 0 Å². The molecule has 1 heterocycles. The van der Waals surface area contributed by atoms with Gasteiger partial charge in [-0.2, -0.15) is 4.98 Å². The van der Waals surface area contributed by atoms with E-state index in [9.17, 15) is 4.39 Å². The monoisotopic (exact) mass is 250 g/mol. The molecule has 0 unspecified atom stereocenters. The van der Waals surface area contributed by atoms with Crippen LogP contribution in [0.2, 0.25) is 0 Å². The number of nitrogens with zero attached hydrogens (tertiary/aromatic N) is 2. The van der Waals surface area contributed by atoms with E-state index in [1.165, 1.54) is 12.1 Å². The second-order valence-electron chi connectivity index (χ2n) is 4.05. The first-order chi connectivity index (χ1) is 8.69. The van der Waals surface area contributed by atoms with E-state index in [1.54, 1.807) is 13.0 Å². The molecule has 0 fully saturated rings. The lowest BCUT2D eigenvalue weighted by Gasteiger charge is -2.06. The first-order valence-electron chi connectivity index (χ1n) is 5.89. The van der Waals surface area contributed by atoms with Gasteiger partial charge in [-0.15, -0.1) is 0 Å². The average Bonchev–Trinajstić information content (AvgIpc) is 2.76. The van der Waals surface area contributed by atoms with Crippen LogP contribution in [-0.2, 0) is 13.0 Å². The summed E-state index contributed by atoms with van der Waals surface area (Å²) in [6, 6.07) is 4.37. The van der Waals surface area contributed by atoms with Crippen molar-refractivity contribution >= 4 is 0 Å². The molecular formula is C13H15FN2O2. The smallest absolute Gasteiger partial charge is 0.264 e. The first-order valence-corrected chi connectivity index (χ1v) is 5.89. The molecule has 0 saturated heterocycles. The molecule has 0 atom stereocenters. The summed E-state index contributed by atoms with van der Waals surface area (Å²) in [7, 11) is 0. The van der Waals surface area contributed by atoms with Crippen molar-refractivity contribution in [3.05, 3.63) is 41.3 Å². The molecule has 0 aliphatic carbocycles. The lowest BCUT2D eigenvalue weighted by Crippen LogP contribution is -1.98. The topological polar surface area (TPSA) is 48.2 Å². The van der Waals surface area contributed by atoms with Crippen LogP contribution >= 0.6 is 0 Å². The van der Waals surface area contributed by atoms with Gasteiger partial charge in [-0.3, -0.25) is 0 Å². The lowest BCUT2D eigenvalue weighted by molar-refractivity contribution is 0.241. The summed E-state index contributed by atoms with van der Waals surface area (Å²) >= 11 is 0. The van der Waals surface area contributed by atoms with Crippen LogP contribution in [0.3, 0.4) is 0 Å². The molecule has 18 heavy (non-hydrogen) atoms. The van der Waals surface area contributed by atoms with Crippen molar-refractivity contribution in [3.8, 4) is 5.75 Å². The summed E-state index contributed by atoms with van der Waals surface area (Å²) in [5.41, 5.74) is 0.739. The van der Waals surface area contributed by atoms with Gasteiger partial charge in [-0.25, -0.2) is 4.39 Å². The summed E-state index contributed by atoms with van der Waals surface area (Å²) < 4.78 is 23.5. The fourth-order valence-corrected chi connectivity index (χ4v) is 1.59. The molecule has 0 radical (unpaired) electrons. The number of aryl methyl sites for hydroxylation is 2. The average molecular weight is 250 g/mol.